The molecule has 0 N–H and O–H groups in total. The molecule has 2 rings (SSSR count). The van der Waals surface area contributed by atoms with Crippen molar-refractivity contribution in [1.29, 1.82) is 0 Å². The smallest absolute Gasteiger partial charge is 0.175 e. The van der Waals surface area contributed by atoms with Crippen molar-refractivity contribution in [2.24, 2.45) is 0 Å². The first-order valence-electron chi connectivity index (χ1n) is 4.61. The summed E-state index contributed by atoms with van der Waals surface area (Å²) in [6.45, 7) is 5.10. The molecule has 0 saturated heterocycles. The topological polar surface area (TPSA) is 43.6 Å². The Balaban J connectivity index is 2.41. The maximum absolute atomic E-state index is 4.21. The molecule has 0 aliphatic carbocycles. The van der Waals surface area contributed by atoms with Crippen molar-refractivity contribution >= 4 is 11.3 Å². The predicted molar refractivity (Wildman–Crippen MR) is 56.2 cm³/mol. The third kappa shape index (κ3) is 1.55. The van der Waals surface area contributed by atoms with Crippen LogP contribution in [0.1, 0.15) is 19.0 Å². The molecule has 0 radical (unpaired) electrons. The molecule has 0 bridgehead atoms. The summed E-state index contributed by atoms with van der Waals surface area (Å²) in [4.78, 5) is 5.33. The Morgan fingerprint density at radius 2 is 2.36 bits per heavy atom. The number of hydrogen-bond donors (Lipinski definition) is 0. The van der Waals surface area contributed by atoms with E-state index in [1.807, 2.05) is 12.4 Å². The molecular weight excluding hydrogens is 196 g/mol. The highest BCUT2D eigenvalue weighted by atomic mass is 32.1. The molecule has 0 fully saturated rings. The molecule has 0 atom stereocenters. The van der Waals surface area contributed by atoms with Crippen molar-refractivity contribution in [2.45, 2.75) is 26.8 Å². The van der Waals surface area contributed by atoms with Crippen molar-refractivity contribution in [3.05, 3.63) is 17.5 Å². The van der Waals surface area contributed by atoms with Crippen LogP contribution in [0.4, 0.5) is 0 Å². The molecule has 0 unspecified atom stereocenters. The van der Waals surface area contributed by atoms with E-state index >= 15 is 0 Å². The van der Waals surface area contributed by atoms with Gasteiger partial charge in [0.15, 0.2) is 5.82 Å². The molecule has 0 aromatic carbocycles. The molecular formula is C9H12N4S. The normalized spacial score (nSPS) is 10.7. The number of thiazole rings is 1. The highest BCUT2D eigenvalue weighted by Crippen LogP contribution is 2.24. The number of rotatable bonds is 3. The third-order valence-electron chi connectivity index (χ3n) is 2.03. The van der Waals surface area contributed by atoms with Crippen LogP contribution in [0.15, 0.2) is 11.8 Å². The minimum absolute atomic E-state index is 0.937. The Bertz CT molecular complexity index is 418. The Morgan fingerprint density at radius 1 is 1.50 bits per heavy atom. The fourth-order valence-corrected chi connectivity index (χ4v) is 2.15. The summed E-state index contributed by atoms with van der Waals surface area (Å²) >= 11 is 1.61. The average Bonchev–Trinajstić information content (AvgIpc) is 2.74. The quantitative estimate of drug-likeness (QED) is 0.776. The number of aryl methyl sites for hydroxylation is 2. The molecule has 0 spiro atoms. The minimum Gasteiger partial charge on any atom is -0.313 e. The standard InChI is InChI=1S/C9H12N4S/c1-3-4-13-5-11-12-9(13)8-7(2)10-6-14-8/h5-6H,3-4H2,1-2H3. The zero-order chi connectivity index (χ0) is 9.97. The van der Waals surface area contributed by atoms with E-state index in [4.69, 9.17) is 0 Å². The van der Waals surface area contributed by atoms with Crippen LogP contribution in [-0.4, -0.2) is 19.7 Å². The lowest BCUT2D eigenvalue weighted by Crippen LogP contribution is -1.97. The van der Waals surface area contributed by atoms with Gasteiger partial charge in [0, 0.05) is 6.54 Å². The van der Waals surface area contributed by atoms with Crippen LogP contribution in [-0.2, 0) is 6.54 Å². The second-order valence-corrected chi connectivity index (χ2v) is 3.97. The van der Waals surface area contributed by atoms with Crippen molar-refractivity contribution in [3.8, 4) is 10.7 Å². The fraction of sp³-hybridized carbons (Fsp3) is 0.444. The Kier molecular flexibility index (Phi) is 2.58. The van der Waals surface area contributed by atoms with E-state index in [9.17, 15) is 0 Å². The molecule has 2 aromatic rings. The molecule has 0 amide bonds. The van der Waals surface area contributed by atoms with Crippen LogP contribution in [0.2, 0.25) is 0 Å². The molecule has 5 heteroatoms. The molecule has 2 aromatic heterocycles. The van der Waals surface area contributed by atoms with Crippen LogP contribution in [0.25, 0.3) is 10.7 Å². The molecule has 0 aliphatic rings. The molecule has 0 saturated carbocycles. The van der Waals surface area contributed by atoms with Gasteiger partial charge in [0.2, 0.25) is 0 Å². The SMILES string of the molecule is CCCn1cnnc1-c1scnc1C. The first-order valence-corrected chi connectivity index (χ1v) is 5.49. The van der Waals surface area contributed by atoms with Gasteiger partial charge in [-0.1, -0.05) is 6.92 Å². The Morgan fingerprint density at radius 3 is 3.00 bits per heavy atom. The lowest BCUT2D eigenvalue weighted by molar-refractivity contribution is 0.683. The van der Waals surface area contributed by atoms with Crippen LogP contribution in [0.5, 0.6) is 0 Å². The van der Waals surface area contributed by atoms with E-state index in [0.717, 1.165) is 29.4 Å². The summed E-state index contributed by atoms with van der Waals surface area (Å²) in [5.74, 6) is 0.937. The monoisotopic (exact) mass is 208 g/mol. The van der Waals surface area contributed by atoms with Gasteiger partial charge in [0.25, 0.3) is 0 Å². The van der Waals surface area contributed by atoms with Crippen molar-refractivity contribution in [2.75, 3.05) is 0 Å². The highest BCUT2D eigenvalue weighted by molar-refractivity contribution is 7.13. The summed E-state index contributed by atoms with van der Waals surface area (Å²) in [6, 6.07) is 0. The summed E-state index contributed by atoms with van der Waals surface area (Å²) in [5.41, 5.74) is 2.87. The van der Waals surface area contributed by atoms with Gasteiger partial charge in [-0.25, -0.2) is 4.98 Å². The lowest BCUT2D eigenvalue weighted by Gasteiger charge is -2.02. The van der Waals surface area contributed by atoms with E-state index in [1.165, 1.54) is 0 Å². The lowest BCUT2D eigenvalue weighted by atomic mass is 10.3. The maximum Gasteiger partial charge on any atom is 0.175 e. The van der Waals surface area contributed by atoms with E-state index in [2.05, 4.69) is 26.7 Å². The van der Waals surface area contributed by atoms with Gasteiger partial charge in [-0.15, -0.1) is 21.5 Å². The van der Waals surface area contributed by atoms with E-state index in [1.54, 1.807) is 17.7 Å². The molecule has 74 valence electrons. The van der Waals surface area contributed by atoms with Gasteiger partial charge in [0.05, 0.1) is 16.1 Å². The largest absolute Gasteiger partial charge is 0.313 e. The number of aromatic nitrogens is 4. The summed E-state index contributed by atoms with van der Waals surface area (Å²) < 4.78 is 2.07. The first kappa shape index (κ1) is 9.33. The van der Waals surface area contributed by atoms with Gasteiger partial charge >= 0.3 is 0 Å². The highest BCUT2D eigenvalue weighted by Gasteiger charge is 2.11. The molecule has 2 heterocycles. The van der Waals surface area contributed by atoms with E-state index in [-0.39, 0.29) is 0 Å². The molecule has 4 nitrogen and oxygen atoms in total. The van der Waals surface area contributed by atoms with Gasteiger partial charge in [0.1, 0.15) is 6.33 Å². The van der Waals surface area contributed by atoms with Crippen LogP contribution in [0, 0.1) is 6.92 Å². The third-order valence-corrected chi connectivity index (χ3v) is 2.95. The van der Waals surface area contributed by atoms with Crippen LogP contribution >= 0.6 is 11.3 Å². The summed E-state index contributed by atoms with van der Waals surface area (Å²) in [5, 5.41) is 8.05. The fourth-order valence-electron chi connectivity index (χ4n) is 1.35. The second-order valence-electron chi connectivity index (χ2n) is 3.11. The van der Waals surface area contributed by atoms with E-state index in [0.29, 0.717) is 0 Å². The number of hydrogen-bond acceptors (Lipinski definition) is 4. The Labute approximate surface area is 86.6 Å². The average molecular weight is 208 g/mol. The molecule has 0 aliphatic heterocycles. The number of nitrogens with zero attached hydrogens (tertiary/aromatic N) is 4. The Hall–Kier alpha value is -1.23. The minimum atomic E-state index is 0.937. The summed E-state index contributed by atoms with van der Waals surface area (Å²) in [7, 11) is 0. The van der Waals surface area contributed by atoms with Gasteiger partial charge in [-0.3, -0.25) is 0 Å². The van der Waals surface area contributed by atoms with Gasteiger partial charge in [-0.05, 0) is 13.3 Å². The first-order chi connectivity index (χ1) is 6.83. The maximum atomic E-state index is 4.21. The molecule has 14 heavy (non-hydrogen) atoms. The van der Waals surface area contributed by atoms with Gasteiger partial charge < -0.3 is 4.57 Å². The van der Waals surface area contributed by atoms with Crippen molar-refractivity contribution < 1.29 is 0 Å². The summed E-state index contributed by atoms with van der Waals surface area (Å²) in [6.07, 6.45) is 2.86. The van der Waals surface area contributed by atoms with Crippen molar-refractivity contribution in [3.63, 3.8) is 0 Å². The van der Waals surface area contributed by atoms with Crippen molar-refractivity contribution in [1.82, 2.24) is 19.7 Å². The van der Waals surface area contributed by atoms with Crippen LogP contribution in [0.3, 0.4) is 0 Å². The zero-order valence-electron chi connectivity index (χ0n) is 8.27. The second kappa shape index (κ2) is 3.88. The van der Waals surface area contributed by atoms with E-state index < -0.39 is 0 Å². The van der Waals surface area contributed by atoms with Gasteiger partial charge in [-0.2, -0.15) is 0 Å². The predicted octanol–water partition coefficient (Wildman–Crippen LogP) is 2.12. The zero-order valence-corrected chi connectivity index (χ0v) is 9.08. The van der Waals surface area contributed by atoms with Crippen LogP contribution < -0.4 is 0 Å².